The smallest absolute Gasteiger partial charge is 0.0545 e. The molecule has 0 spiro atoms. The summed E-state index contributed by atoms with van der Waals surface area (Å²) in [6, 6.07) is 0. The monoisotopic (exact) mass is 144 g/mol. The van der Waals surface area contributed by atoms with Crippen LogP contribution in [0.4, 0.5) is 0 Å². The van der Waals surface area contributed by atoms with Crippen molar-refractivity contribution in [2.45, 2.75) is 5.25 Å². The Morgan fingerprint density at radius 2 is 2.62 bits per heavy atom. The Kier molecular flexibility index (Phi) is 2.65. The van der Waals surface area contributed by atoms with Crippen LogP contribution >= 0.6 is 23.5 Å². The van der Waals surface area contributed by atoms with Crippen molar-refractivity contribution < 1.29 is 0 Å². The van der Waals surface area contributed by atoms with Gasteiger partial charge in [-0.2, -0.15) is 11.8 Å². The van der Waals surface area contributed by atoms with Crippen molar-refractivity contribution in [2.24, 2.45) is 0 Å². The van der Waals surface area contributed by atoms with Crippen LogP contribution in [0.1, 0.15) is 0 Å². The van der Waals surface area contributed by atoms with Crippen LogP contribution in [0, 0.1) is 12.3 Å². The zero-order valence-corrected chi connectivity index (χ0v) is 6.23. The molecule has 0 aromatic heterocycles. The summed E-state index contributed by atoms with van der Waals surface area (Å²) in [6.07, 6.45) is 5.06. The van der Waals surface area contributed by atoms with E-state index in [1.165, 1.54) is 11.5 Å². The minimum Gasteiger partial charge on any atom is -0.156 e. The average molecular weight is 144 g/mol. The average Bonchev–Trinajstić information content (AvgIpc) is 2.51. The molecule has 0 N–H and O–H groups in total. The first kappa shape index (κ1) is 6.38. The van der Waals surface area contributed by atoms with E-state index in [1.54, 1.807) is 0 Å². The summed E-state index contributed by atoms with van der Waals surface area (Å²) in [5, 5.41) is 0.938. The van der Waals surface area contributed by atoms with Crippen LogP contribution in [-0.2, 0) is 0 Å². The quantitative estimate of drug-likeness (QED) is 0.334. The summed E-state index contributed by atoms with van der Waals surface area (Å²) in [5.74, 6) is 6.11. The fourth-order valence-corrected chi connectivity index (χ4v) is 2.11. The third kappa shape index (κ3) is 2.54. The molecule has 0 aliphatic carbocycles. The van der Waals surface area contributed by atoms with Crippen LogP contribution in [0.25, 0.3) is 0 Å². The van der Waals surface area contributed by atoms with Gasteiger partial charge in [0.1, 0.15) is 0 Å². The van der Waals surface area contributed by atoms with Gasteiger partial charge in [-0.15, -0.1) is 18.2 Å². The molecule has 8 heavy (non-hydrogen) atoms. The van der Waals surface area contributed by atoms with Crippen molar-refractivity contribution >= 4 is 23.5 Å². The fourth-order valence-electron chi connectivity index (χ4n) is 0.414. The Bertz CT molecular complexity index is 99.6. The number of thioether (sulfide) groups is 2. The number of hydrogen-bond donors (Lipinski definition) is 0. The molecule has 0 saturated carbocycles. The third-order valence-electron chi connectivity index (χ3n) is 0.892. The zero-order chi connectivity index (χ0) is 5.82. The lowest BCUT2D eigenvalue weighted by Gasteiger charge is -1.88. The van der Waals surface area contributed by atoms with E-state index in [0.717, 1.165) is 11.0 Å². The minimum atomic E-state index is 0.886. The van der Waals surface area contributed by atoms with Crippen molar-refractivity contribution in [3.05, 3.63) is 0 Å². The van der Waals surface area contributed by atoms with Gasteiger partial charge in [-0.25, -0.2) is 0 Å². The van der Waals surface area contributed by atoms with Gasteiger partial charge < -0.3 is 0 Å². The first-order valence-corrected chi connectivity index (χ1v) is 4.76. The Labute approximate surface area is 58.8 Å². The van der Waals surface area contributed by atoms with Gasteiger partial charge >= 0.3 is 0 Å². The SMILES string of the molecule is C#CCSCC1CS1. The lowest BCUT2D eigenvalue weighted by Crippen LogP contribution is -1.86. The Balaban J connectivity index is 1.83. The highest BCUT2D eigenvalue weighted by Gasteiger charge is 2.21. The largest absolute Gasteiger partial charge is 0.156 e. The lowest BCUT2D eigenvalue weighted by molar-refractivity contribution is 1.27. The fraction of sp³-hybridized carbons (Fsp3) is 0.667. The number of hydrogen-bond acceptors (Lipinski definition) is 2. The van der Waals surface area contributed by atoms with Gasteiger partial charge in [-0.05, 0) is 0 Å². The van der Waals surface area contributed by atoms with Gasteiger partial charge in [0.2, 0.25) is 0 Å². The van der Waals surface area contributed by atoms with E-state index in [0.29, 0.717) is 0 Å². The second-order valence-corrected chi connectivity index (χ2v) is 4.04. The molecule has 1 unspecified atom stereocenters. The molecule has 0 aromatic rings. The molecule has 1 atom stereocenters. The highest BCUT2D eigenvalue weighted by Crippen LogP contribution is 2.32. The van der Waals surface area contributed by atoms with Crippen molar-refractivity contribution in [1.29, 1.82) is 0 Å². The van der Waals surface area contributed by atoms with Crippen molar-refractivity contribution in [3.63, 3.8) is 0 Å². The molecule has 1 fully saturated rings. The molecule has 1 heterocycles. The van der Waals surface area contributed by atoms with Crippen LogP contribution in [0.2, 0.25) is 0 Å². The molecule has 0 aromatic carbocycles. The van der Waals surface area contributed by atoms with E-state index in [1.807, 2.05) is 23.5 Å². The number of terminal acetylenes is 1. The van der Waals surface area contributed by atoms with Crippen molar-refractivity contribution in [2.75, 3.05) is 17.3 Å². The van der Waals surface area contributed by atoms with E-state index < -0.39 is 0 Å². The van der Waals surface area contributed by atoms with Crippen LogP contribution in [0.15, 0.2) is 0 Å². The van der Waals surface area contributed by atoms with E-state index in [4.69, 9.17) is 6.42 Å². The first-order valence-electron chi connectivity index (χ1n) is 2.56. The molecule has 1 rings (SSSR count). The highest BCUT2D eigenvalue weighted by atomic mass is 32.2. The molecule has 1 aliphatic heterocycles. The summed E-state index contributed by atoms with van der Waals surface area (Å²) in [7, 11) is 0. The first-order chi connectivity index (χ1) is 3.93. The van der Waals surface area contributed by atoms with Gasteiger partial charge in [0.25, 0.3) is 0 Å². The van der Waals surface area contributed by atoms with Gasteiger partial charge in [-0.1, -0.05) is 5.92 Å². The van der Waals surface area contributed by atoms with E-state index in [-0.39, 0.29) is 0 Å². The van der Waals surface area contributed by atoms with E-state index in [2.05, 4.69) is 5.92 Å². The summed E-state index contributed by atoms with van der Waals surface area (Å²) >= 11 is 3.90. The molecular formula is C6H8S2. The molecule has 2 heteroatoms. The predicted molar refractivity (Wildman–Crippen MR) is 42.4 cm³/mol. The highest BCUT2D eigenvalue weighted by molar-refractivity contribution is 8.08. The maximum Gasteiger partial charge on any atom is 0.0545 e. The van der Waals surface area contributed by atoms with Crippen molar-refractivity contribution in [3.8, 4) is 12.3 Å². The second kappa shape index (κ2) is 3.32. The normalized spacial score (nSPS) is 24.6. The molecule has 44 valence electrons. The summed E-state index contributed by atoms with van der Waals surface area (Å²) in [6.45, 7) is 0. The Morgan fingerprint density at radius 3 is 3.12 bits per heavy atom. The molecule has 0 nitrogen and oxygen atoms in total. The topological polar surface area (TPSA) is 0 Å². The van der Waals surface area contributed by atoms with Crippen LogP contribution in [0.5, 0.6) is 0 Å². The van der Waals surface area contributed by atoms with Crippen LogP contribution < -0.4 is 0 Å². The Morgan fingerprint density at radius 1 is 1.88 bits per heavy atom. The summed E-state index contributed by atoms with van der Waals surface area (Å²) in [4.78, 5) is 0. The molecule has 1 aliphatic rings. The Hall–Kier alpha value is 0.260. The molecule has 1 saturated heterocycles. The molecule has 0 amide bonds. The summed E-state index contributed by atoms with van der Waals surface area (Å²) < 4.78 is 0. The summed E-state index contributed by atoms with van der Waals surface area (Å²) in [5.41, 5.74) is 0. The zero-order valence-electron chi connectivity index (χ0n) is 4.59. The van der Waals surface area contributed by atoms with Gasteiger partial charge in [0.05, 0.1) is 5.75 Å². The molecular weight excluding hydrogens is 136 g/mol. The standard InChI is InChI=1S/C6H8S2/c1-2-3-7-4-6-5-8-6/h1,6H,3-5H2. The van der Waals surface area contributed by atoms with Crippen LogP contribution in [-0.4, -0.2) is 22.5 Å². The predicted octanol–water partition coefficient (Wildman–Crippen LogP) is 1.47. The number of rotatable bonds is 3. The van der Waals surface area contributed by atoms with Crippen LogP contribution in [0.3, 0.4) is 0 Å². The van der Waals surface area contributed by atoms with Gasteiger partial charge in [0, 0.05) is 16.8 Å². The van der Waals surface area contributed by atoms with Gasteiger partial charge in [0.15, 0.2) is 0 Å². The maximum absolute atomic E-state index is 5.06. The lowest BCUT2D eigenvalue weighted by atomic mass is 10.6. The second-order valence-electron chi connectivity index (χ2n) is 1.67. The molecule has 0 radical (unpaired) electrons. The van der Waals surface area contributed by atoms with Gasteiger partial charge in [-0.3, -0.25) is 0 Å². The van der Waals surface area contributed by atoms with E-state index >= 15 is 0 Å². The third-order valence-corrected chi connectivity index (χ3v) is 3.08. The molecule has 0 bridgehead atoms. The maximum atomic E-state index is 5.06. The van der Waals surface area contributed by atoms with E-state index in [9.17, 15) is 0 Å². The minimum absolute atomic E-state index is 0.886. The van der Waals surface area contributed by atoms with Crippen molar-refractivity contribution in [1.82, 2.24) is 0 Å².